The van der Waals surface area contributed by atoms with Crippen LogP contribution in [0.5, 0.6) is 11.5 Å². The van der Waals surface area contributed by atoms with E-state index in [9.17, 15) is 29.7 Å². The highest BCUT2D eigenvalue weighted by atomic mass is 16.4. The largest absolute Gasteiger partial charge is 0.507 e. The normalized spacial score (nSPS) is 11.3. The molecule has 0 atom stereocenters. The molecular weight excluding hydrogens is 354 g/mol. The highest BCUT2D eigenvalue weighted by Crippen LogP contribution is 2.25. The Hall–Kier alpha value is -4.07. The van der Waals surface area contributed by atoms with Gasteiger partial charge in [-0.15, -0.1) is 0 Å². The molecule has 0 aliphatic heterocycles. The van der Waals surface area contributed by atoms with E-state index in [0.29, 0.717) is 11.6 Å². The molecule has 0 radical (unpaired) electrons. The Balaban J connectivity index is 2.18. The Kier molecular flexibility index (Phi) is 5.95. The monoisotopic (exact) mass is 369 g/mol. The number of carboxylic acid groups (broad SMARTS) is 1. The van der Waals surface area contributed by atoms with E-state index in [0.717, 1.165) is 6.08 Å². The van der Waals surface area contributed by atoms with Crippen LogP contribution in [-0.4, -0.2) is 38.1 Å². The molecular formula is C19H15NO7. The molecule has 0 heterocycles. The number of rotatable bonds is 6. The Morgan fingerprint density at radius 1 is 0.926 bits per heavy atom. The molecule has 8 heteroatoms. The van der Waals surface area contributed by atoms with E-state index in [1.54, 1.807) is 6.07 Å². The third-order valence-corrected chi connectivity index (χ3v) is 3.37. The maximum absolute atomic E-state index is 12.1. The highest BCUT2D eigenvalue weighted by Gasteiger charge is 2.13. The summed E-state index contributed by atoms with van der Waals surface area (Å²) >= 11 is 0. The third-order valence-electron chi connectivity index (χ3n) is 3.37. The number of ketones is 1. The van der Waals surface area contributed by atoms with Gasteiger partial charge in [0, 0.05) is 17.7 Å². The van der Waals surface area contributed by atoms with Crippen molar-refractivity contribution in [3.63, 3.8) is 0 Å². The number of para-hydroxylation sites is 1. The summed E-state index contributed by atoms with van der Waals surface area (Å²) in [7, 11) is 0. The highest BCUT2D eigenvalue weighted by molar-refractivity contribution is 6.38. The molecule has 0 aliphatic rings. The zero-order chi connectivity index (χ0) is 20.0. The predicted octanol–water partition coefficient (Wildman–Crippen LogP) is 2.30. The maximum atomic E-state index is 12.1. The van der Waals surface area contributed by atoms with E-state index in [1.807, 2.05) is 0 Å². The van der Waals surface area contributed by atoms with Crippen LogP contribution in [0, 0.1) is 0 Å². The van der Waals surface area contributed by atoms with Crippen LogP contribution in [-0.2, 0) is 14.4 Å². The average Bonchev–Trinajstić information content (AvgIpc) is 2.63. The number of carboxylic acids is 1. The topological polar surface area (TPSA) is 144 Å². The van der Waals surface area contributed by atoms with Crippen LogP contribution in [0.15, 0.2) is 54.6 Å². The minimum Gasteiger partial charge on any atom is -0.507 e. The van der Waals surface area contributed by atoms with Gasteiger partial charge in [0.05, 0.1) is 5.69 Å². The fourth-order valence-corrected chi connectivity index (χ4v) is 2.07. The molecule has 2 aromatic carbocycles. The molecule has 138 valence electrons. The van der Waals surface area contributed by atoms with E-state index in [4.69, 9.17) is 5.11 Å². The van der Waals surface area contributed by atoms with Crippen molar-refractivity contribution < 1.29 is 34.8 Å². The summed E-state index contributed by atoms with van der Waals surface area (Å²) in [4.78, 5) is 33.8. The van der Waals surface area contributed by atoms with Crippen molar-refractivity contribution in [1.82, 2.24) is 0 Å². The van der Waals surface area contributed by atoms with Crippen LogP contribution in [0.25, 0.3) is 11.8 Å². The number of aromatic hydroxyl groups is 2. The van der Waals surface area contributed by atoms with Gasteiger partial charge in [-0.05, 0) is 35.9 Å². The van der Waals surface area contributed by atoms with E-state index in [1.165, 1.54) is 42.5 Å². The molecule has 8 nitrogen and oxygen atoms in total. The molecule has 5 N–H and O–H groups in total. The van der Waals surface area contributed by atoms with Gasteiger partial charge >= 0.3 is 5.97 Å². The third kappa shape index (κ3) is 5.20. The number of carbonyl (C=O) groups is 3. The van der Waals surface area contributed by atoms with Gasteiger partial charge < -0.3 is 25.7 Å². The first-order valence-corrected chi connectivity index (χ1v) is 7.56. The standard InChI is InChI=1S/C19H15NO7/c21-14-7-5-11(9-16(14)23)6-8-18(25)20-13-4-2-1-3-12(13)15(22)10-17(24)19(26)27/h1-10,21-23H,(H,20,25)(H,26,27)/b8-6+,15-10?. The van der Waals surface area contributed by atoms with Crippen molar-refractivity contribution in [2.24, 2.45) is 0 Å². The number of hydrogen-bond acceptors (Lipinski definition) is 6. The second-order valence-electron chi connectivity index (χ2n) is 5.32. The molecule has 0 aromatic heterocycles. The summed E-state index contributed by atoms with van der Waals surface area (Å²) in [5.74, 6) is -4.83. The van der Waals surface area contributed by atoms with E-state index in [2.05, 4.69) is 5.32 Å². The summed E-state index contributed by atoms with van der Waals surface area (Å²) in [5, 5.41) is 39.7. The molecule has 0 saturated heterocycles. The lowest BCUT2D eigenvalue weighted by Gasteiger charge is -2.09. The van der Waals surface area contributed by atoms with Crippen LogP contribution in [0.2, 0.25) is 0 Å². The molecule has 0 saturated carbocycles. The lowest BCUT2D eigenvalue weighted by Crippen LogP contribution is -2.11. The second-order valence-corrected chi connectivity index (χ2v) is 5.32. The fraction of sp³-hybridized carbons (Fsp3) is 0. The van der Waals surface area contributed by atoms with Crippen LogP contribution in [0.4, 0.5) is 5.69 Å². The van der Waals surface area contributed by atoms with Crippen LogP contribution >= 0.6 is 0 Å². The number of nitrogens with one attached hydrogen (secondary N) is 1. The molecule has 0 fully saturated rings. The first kappa shape index (κ1) is 19.3. The first-order chi connectivity index (χ1) is 12.8. The minimum absolute atomic E-state index is 0.0659. The van der Waals surface area contributed by atoms with Gasteiger partial charge in [0.2, 0.25) is 5.91 Å². The maximum Gasteiger partial charge on any atom is 0.376 e. The molecule has 0 aliphatic carbocycles. The number of carbonyl (C=O) groups excluding carboxylic acids is 2. The number of amides is 1. The number of hydrogen-bond donors (Lipinski definition) is 5. The summed E-state index contributed by atoms with van der Waals surface area (Å²) < 4.78 is 0. The number of benzene rings is 2. The van der Waals surface area contributed by atoms with Crippen molar-refractivity contribution >= 4 is 35.2 Å². The number of aliphatic hydroxyl groups excluding tert-OH is 1. The van der Waals surface area contributed by atoms with E-state index < -0.39 is 23.4 Å². The summed E-state index contributed by atoms with van der Waals surface area (Å²) in [5.41, 5.74) is 0.687. The Morgan fingerprint density at radius 3 is 2.30 bits per heavy atom. The van der Waals surface area contributed by atoms with Gasteiger partial charge in [0.25, 0.3) is 5.78 Å². The Bertz CT molecular complexity index is 960. The predicted molar refractivity (Wildman–Crippen MR) is 97.1 cm³/mol. The van der Waals surface area contributed by atoms with Crippen LogP contribution < -0.4 is 5.32 Å². The Labute approximate surface area is 153 Å². The van der Waals surface area contributed by atoms with Crippen molar-refractivity contribution in [3.05, 3.63) is 65.7 Å². The van der Waals surface area contributed by atoms with Crippen molar-refractivity contribution in [1.29, 1.82) is 0 Å². The van der Waals surface area contributed by atoms with Crippen LogP contribution in [0.1, 0.15) is 11.1 Å². The molecule has 2 rings (SSSR count). The van der Waals surface area contributed by atoms with Gasteiger partial charge in [0.1, 0.15) is 5.76 Å². The van der Waals surface area contributed by atoms with Gasteiger partial charge in [-0.3, -0.25) is 9.59 Å². The lowest BCUT2D eigenvalue weighted by atomic mass is 10.1. The second kappa shape index (κ2) is 8.34. The van der Waals surface area contributed by atoms with E-state index in [-0.39, 0.29) is 22.7 Å². The lowest BCUT2D eigenvalue weighted by molar-refractivity contribution is -0.146. The average molecular weight is 369 g/mol. The van der Waals surface area contributed by atoms with Crippen molar-refractivity contribution in [3.8, 4) is 11.5 Å². The van der Waals surface area contributed by atoms with Gasteiger partial charge in [0.15, 0.2) is 11.5 Å². The molecule has 27 heavy (non-hydrogen) atoms. The number of phenols is 2. The summed E-state index contributed by atoms with van der Waals surface area (Å²) in [6.45, 7) is 0. The smallest absolute Gasteiger partial charge is 0.376 e. The molecule has 2 aromatic rings. The summed E-state index contributed by atoms with van der Waals surface area (Å²) in [6, 6.07) is 9.99. The quantitative estimate of drug-likeness (QED) is 0.227. The van der Waals surface area contributed by atoms with Crippen molar-refractivity contribution in [2.45, 2.75) is 0 Å². The molecule has 0 spiro atoms. The number of aliphatic carboxylic acids is 1. The SMILES string of the molecule is O=C(/C=C/c1ccc(O)c(O)c1)Nc1ccccc1C(O)=CC(=O)C(=O)O. The molecule has 0 unspecified atom stereocenters. The Morgan fingerprint density at radius 2 is 1.63 bits per heavy atom. The van der Waals surface area contributed by atoms with Gasteiger partial charge in [-0.25, -0.2) is 4.79 Å². The number of anilines is 1. The number of phenolic OH excluding ortho intramolecular Hbond substituents is 2. The van der Waals surface area contributed by atoms with Crippen LogP contribution in [0.3, 0.4) is 0 Å². The zero-order valence-electron chi connectivity index (χ0n) is 13.8. The fourth-order valence-electron chi connectivity index (χ4n) is 2.07. The minimum atomic E-state index is -1.72. The molecule has 1 amide bonds. The van der Waals surface area contributed by atoms with E-state index >= 15 is 0 Å². The number of aliphatic hydroxyl groups is 1. The van der Waals surface area contributed by atoms with Crippen molar-refractivity contribution in [2.75, 3.05) is 5.32 Å². The summed E-state index contributed by atoms with van der Waals surface area (Å²) in [6.07, 6.45) is 3.09. The first-order valence-electron chi connectivity index (χ1n) is 7.56. The van der Waals surface area contributed by atoms with Gasteiger partial charge in [-0.2, -0.15) is 0 Å². The zero-order valence-corrected chi connectivity index (χ0v) is 13.8. The molecule has 0 bridgehead atoms. The van der Waals surface area contributed by atoms with Gasteiger partial charge in [-0.1, -0.05) is 18.2 Å².